The van der Waals surface area contributed by atoms with E-state index in [4.69, 9.17) is 0 Å². The Balaban J connectivity index is 1.62. The van der Waals surface area contributed by atoms with Crippen LogP contribution in [-0.4, -0.2) is 43.7 Å². The number of thioether (sulfide) groups is 1. The van der Waals surface area contributed by atoms with Crippen molar-refractivity contribution in [2.75, 3.05) is 5.75 Å². The van der Waals surface area contributed by atoms with E-state index in [1.54, 1.807) is 0 Å². The second kappa shape index (κ2) is 6.13. The molecule has 20 heavy (non-hydrogen) atoms. The van der Waals surface area contributed by atoms with Gasteiger partial charge in [0.25, 0.3) is 0 Å². The first-order valence-corrected chi connectivity index (χ1v) is 8.26. The number of carboxylic acid groups (broad SMARTS) is 1. The van der Waals surface area contributed by atoms with Gasteiger partial charge in [-0.25, -0.2) is 0 Å². The van der Waals surface area contributed by atoms with Gasteiger partial charge in [0.2, 0.25) is 0 Å². The highest BCUT2D eigenvalue weighted by atomic mass is 32.2. The minimum atomic E-state index is -0.778. The molecule has 6 nitrogen and oxygen atoms in total. The minimum Gasteiger partial charge on any atom is -0.480 e. The third-order valence-corrected chi connectivity index (χ3v) is 4.83. The molecule has 1 aromatic heterocycles. The van der Waals surface area contributed by atoms with E-state index in [1.807, 2.05) is 0 Å². The van der Waals surface area contributed by atoms with E-state index < -0.39 is 12.0 Å². The van der Waals surface area contributed by atoms with Crippen LogP contribution in [0.2, 0.25) is 0 Å². The standard InChI is InChI=1S/C13H20N4O2S/c18-12(19)10(14-9-5-6-9)8-20-13-16-15-11-4-2-1-3-7-17(11)13/h9-10,14H,1-8H2,(H,18,19). The molecule has 1 fully saturated rings. The SMILES string of the molecule is O=C(O)C(CSc1nnc2n1CCCCC2)NC1CC1. The highest BCUT2D eigenvalue weighted by molar-refractivity contribution is 7.99. The van der Waals surface area contributed by atoms with Gasteiger partial charge >= 0.3 is 5.97 Å². The lowest BCUT2D eigenvalue weighted by atomic mass is 10.2. The molecule has 0 saturated heterocycles. The number of hydrogen-bond acceptors (Lipinski definition) is 5. The molecule has 0 aromatic carbocycles. The molecule has 2 aliphatic rings. The maximum absolute atomic E-state index is 11.2. The van der Waals surface area contributed by atoms with Crippen molar-refractivity contribution < 1.29 is 9.90 Å². The number of hydrogen-bond donors (Lipinski definition) is 2. The van der Waals surface area contributed by atoms with Crippen LogP contribution in [0.4, 0.5) is 0 Å². The first-order valence-electron chi connectivity index (χ1n) is 7.28. The number of fused-ring (bicyclic) bond motifs is 1. The summed E-state index contributed by atoms with van der Waals surface area (Å²) in [6.45, 7) is 0.957. The Morgan fingerprint density at radius 1 is 1.40 bits per heavy atom. The molecule has 3 rings (SSSR count). The Morgan fingerprint density at radius 3 is 3.00 bits per heavy atom. The predicted molar refractivity (Wildman–Crippen MR) is 75.9 cm³/mol. The number of carboxylic acids is 1. The van der Waals surface area contributed by atoms with E-state index in [2.05, 4.69) is 20.1 Å². The zero-order chi connectivity index (χ0) is 13.9. The van der Waals surface area contributed by atoms with Crippen LogP contribution in [0.5, 0.6) is 0 Å². The molecule has 0 spiro atoms. The van der Waals surface area contributed by atoms with E-state index in [0.717, 1.165) is 43.2 Å². The molecule has 2 heterocycles. The number of rotatable bonds is 6. The maximum Gasteiger partial charge on any atom is 0.321 e. The molecule has 0 amide bonds. The van der Waals surface area contributed by atoms with Crippen LogP contribution in [0.25, 0.3) is 0 Å². The van der Waals surface area contributed by atoms with Gasteiger partial charge in [-0.2, -0.15) is 0 Å². The van der Waals surface area contributed by atoms with Crippen molar-refractivity contribution in [3.63, 3.8) is 0 Å². The van der Waals surface area contributed by atoms with Crippen molar-refractivity contribution in [3.8, 4) is 0 Å². The molecule has 1 aromatic rings. The summed E-state index contributed by atoms with van der Waals surface area (Å²) in [4.78, 5) is 11.2. The van der Waals surface area contributed by atoms with Crippen molar-refractivity contribution in [2.24, 2.45) is 0 Å². The van der Waals surface area contributed by atoms with Crippen LogP contribution in [-0.2, 0) is 17.8 Å². The number of aryl methyl sites for hydroxylation is 1. The first kappa shape index (κ1) is 13.9. The molecule has 110 valence electrons. The first-order chi connectivity index (χ1) is 9.74. The quantitative estimate of drug-likeness (QED) is 0.770. The fraction of sp³-hybridized carbons (Fsp3) is 0.769. The second-order valence-electron chi connectivity index (χ2n) is 5.50. The number of aliphatic carboxylic acids is 1. The third kappa shape index (κ3) is 3.32. The van der Waals surface area contributed by atoms with Crippen molar-refractivity contribution in [3.05, 3.63) is 5.82 Å². The van der Waals surface area contributed by atoms with E-state index in [1.165, 1.54) is 24.6 Å². The van der Waals surface area contributed by atoms with Crippen LogP contribution in [0.1, 0.15) is 37.9 Å². The second-order valence-corrected chi connectivity index (χ2v) is 6.49. The van der Waals surface area contributed by atoms with Gasteiger partial charge in [0, 0.05) is 24.8 Å². The van der Waals surface area contributed by atoms with Crippen LogP contribution >= 0.6 is 11.8 Å². The van der Waals surface area contributed by atoms with Gasteiger partial charge in [0.05, 0.1) is 0 Å². The normalized spacial score (nSPS) is 20.2. The maximum atomic E-state index is 11.2. The molecular weight excluding hydrogens is 276 g/mol. The number of nitrogens with one attached hydrogen (secondary N) is 1. The molecular formula is C13H20N4O2S. The van der Waals surface area contributed by atoms with E-state index >= 15 is 0 Å². The average Bonchev–Trinajstić information content (AvgIpc) is 3.20. The van der Waals surface area contributed by atoms with Crippen LogP contribution in [0, 0.1) is 0 Å². The summed E-state index contributed by atoms with van der Waals surface area (Å²) in [5, 5.41) is 21.7. The van der Waals surface area contributed by atoms with Gasteiger partial charge in [0.15, 0.2) is 5.16 Å². The number of carbonyl (C=O) groups is 1. The summed E-state index contributed by atoms with van der Waals surface area (Å²) in [5.74, 6) is 0.774. The fourth-order valence-electron chi connectivity index (χ4n) is 2.45. The molecule has 1 atom stereocenters. The lowest BCUT2D eigenvalue weighted by Gasteiger charge is -2.13. The molecule has 1 aliphatic heterocycles. The molecule has 1 saturated carbocycles. The summed E-state index contributed by atoms with van der Waals surface area (Å²) < 4.78 is 2.16. The van der Waals surface area contributed by atoms with Crippen molar-refractivity contribution in [1.82, 2.24) is 20.1 Å². The van der Waals surface area contributed by atoms with Crippen LogP contribution in [0.15, 0.2) is 5.16 Å². The topological polar surface area (TPSA) is 80.0 Å². The minimum absolute atomic E-state index is 0.396. The molecule has 7 heteroatoms. The number of nitrogens with zero attached hydrogens (tertiary/aromatic N) is 3. The smallest absolute Gasteiger partial charge is 0.321 e. The zero-order valence-electron chi connectivity index (χ0n) is 11.4. The van der Waals surface area contributed by atoms with Crippen molar-refractivity contribution in [1.29, 1.82) is 0 Å². The highest BCUT2D eigenvalue weighted by Crippen LogP contribution is 2.24. The average molecular weight is 296 g/mol. The molecule has 1 aliphatic carbocycles. The third-order valence-electron chi connectivity index (χ3n) is 3.77. The monoisotopic (exact) mass is 296 g/mol. The Kier molecular flexibility index (Phi) is 4.26. The molecule has 0 bridgehead atoms. The lowest BCUT2D eigenvalue weighted by molar-refractivity contribution is -0.138. The van der Waals surface area contributed by atoms with E-state index in [0.29, 0.717) is 11.8 Å². The Labute approximate surface area is 122 Å². The Bertz CT molecular complexity index is 487. The lowest BCUT2D eigenvalue weighted by Crippen LogP contribution is -2.40. The fourth-order valence-corrected chi connectivity index (χ4v) is 3.45. The zero-order valence-corrected chi connectivity index (χ0v) is 12.2. The molecule has 0 radical (unpaired) electrons. The van der Waals surface area contributed by atoms with Gasteiger partial charge < -0.3 is 15.0 Å². The van der Waals surface area contributed by atoms with Crippen molar-refractivity contribution >= 4 is 17.7 Å². The van der Waals surface area contributed by atoms with E-state index in [9.17, 15) is 9.90 Å². The summed E-state index contributed by atoms with van der Waals surface area (Å²) in [5.41, 5.74) is 0. The highest BCUT2D eigenvalue weighted by Gasteiger charge is 2.28. The number of aromatic nitrogens is 3. The van der Waals surface area contributed by atoms with Gasteiger partial charge in [-0.05, 0) is 25.7 Å². The Morgan fingerprint density at radius 2 is 2.25 bits per heavy atom. The summed E-state index contributed by atoms with van der Waals surface area (Å²) in [6.07, 6.45) is 6.72. The van der Waals surface area contributed by atoms with Gasteiger partial charge in [0.1, 0.15) is 11.9 Å². The molecule has 2 N–H and O–H groups in total. The summed E-state index contributed by atoms with van der Waals surface area (Å²) in [7, 11) is 0. The summed E-state index contributed by atoms with van der Waals surface area (Å²) >= 11 is 1.50. The summed E-state index contributed by atoms with van der Waals surface area (Å²) in [6, 6.07) is -0.0987. The van der Waals surface area contributed by atoms with Gasteiger partial charge in [-0.15, -0.1) is 10.2 Å². The van der Waals surface area contributed by atoms with Gasteiger partial charge in [-0.3, -0.25) is 4.79 Å². The predicted octanol–water partition coefficient (Wildman–Crippen LogP) is 1.30. The van der Waals surface area contributed by atoms with Gasteiger partial charge in [-0.1, -0.05) is 18.2 Å². The van der Waals surface area contributed by atoms with E-state index in [-0.39, 0.29) is 0 Å². The van der Waals surface area contributed by atoms with Crippen LogP contribution < -0.4 is 5.32 Å². The van der Waals surface area contributed by atoms with Crippen molar-refractivity contribution in [2.45, 2.75) is 62.3 Å². The largest absolute Gasteiger partial charge is 0.480 e. The molecule has 1 unspecified atom stereocenters. The Hall–Kier alpha value is -1.08. The van der Waals surface area contributed by atoms with Crippen LogP contribution in [0.3, 0.4) is 0 Å².